The van der Waals surface area contributed by atoms with E-state index < -0.39 is 5.91 Å². The standard InChI is InChI=1S/C17H15ClN4O3S/c1-9-3-4-11(18)15-14(9)20-17(26-15)22-13(7-10(2)21-22)19-16(23)12-8-24-5-6-25-12/h3-4,7-8H,5-6H2,1-2H3,(H,19,23). The molecule has 0 saturated carbocycles. The average Bonchev–Trinajstić information content (AvgIpc) is 3.23. The van der Waals surface area contributed by atoms with E-state index >= 15 is 0 Å². The number of anilines is 1. The van der Waals surface area contributed by atoms with E-state index in [9.17, 15) is 4.79 Å². The predicted octanol–water partition coefficient (Wildman–Crippen LogP) is 3.58. The molecule has 0 bridgehead atoms. The molecule has 0 aliphatic carbocycles. The van der Waals surface area contributed by atoms with Gasteiger partial charge in [0.15, 0.2) is 0 Å². The maximum Gasteiger partial charge on any atom is 0.295 e. The van der Waals surface area contributed by atoms with Crippen molar-refractivity contribution in [2.45, 2.75) is 13.8 Å². The number of nitrogens with zero attached hydrogens (tertiary/aromatic N) is 3. The number of thiazole rings is 1. The molecule has 0 unspecified atom stereocenters. The van der Waals surface area contributed by atoms with Crippen molar-refractivity contribution >= 4 is 44.9 Å². The Morgan fingerprint density at radius 1 is 1.35 bits per heavy atom. The molecule has 7 nitrogen and oxygen atoms in total. The van der Waals surface area contributed by atoms with E-state index in [1.54, 1.807) is 10.7 Å². The topological polar surface area (TPSA) is 78.3 Å². The Kier molecular flexibility index (Phi) is 4.29. The second kappa shape index (κ2) is 6.62. The third-order valence-corrected chi connectivity index (χ3v) is 5.30. The lowest BCUT2D eigenvalue weighted by molar-refractivity contribution is -0.117. The largest absolute Gasteiger partial charge is 0.494 e. The molecule has 3 heterocycles. The molecule has 1 aromatic carbocycles. The van der Waals surface area contributed by atoms with Gasteiger partial charge < -0.3 is 14.8 Å². The summed E-state index contributed by atoms with van der Waals surface area (Å²) in [4.78, 5) is 17.0. The van der Waals surface area contributed by atoms with Gasteiger partial charge in [-0.15, -0.1) is 0 Å². The van der Waals surface area contributed by atoms with Gasteiger partial charge in [-0.25, -0.2) is 4.98 Å². The maximum atomic E-state index is 12.4. The molecule has 1 aliphatic heterocycles. The summed E-state index contributed by atoms with van der Waals surface area (Å²) >= 11 is 7.71. The molecular formula is C17H15ClN4O3S. The van der Waals surface area contributed by atoms with Crippen LogP contribution in [0.5, 0.6) is 0 Å². The Hall–Kier alpha value is -2.58. The van der Waals surface area contributed by atoms with E-state index in [1.807, 2.05) is 26.0 Å². The van der Waals surface area contributed by atoms with Crippen LogP contribution in [0, 0.1) is 13.8 Å². The monoisotopic (exact) mass is 390 g/mol. The molecule has 1 N–H and O–H groups in total. The molecule has 3 aromatic rings. The maximum absolute atomic E-state index is 12.4. The van der Waals surface area contributed by atoms with E-state index in [2.05, 4.69) is 15.4 Å². The van der Waals surface area contributed by atoms with Crippen LogP contribution in [-0.4, -0.2) is 33.9 Å². The Labute approximate surface area is 158 Å². The van der Waals surface area contributed by atoms with E-state index in [1.165, 1.54) is 17.6 Å². The third-order valence-electron chi connectivity index (χ3n) is 3.81. The van der Waals surface area contributed by atoms with Gasteiger partial charge in [-0.05, 0) is 25.5 Å². The summed E-state index contributed by atoms with van der Waals surface area (Å²) in [6, 6.07) is 5.55. The number of hydrogen-bond donors (Lipinski definition) is 1. The highest BCUT2D eigenvalue weighted by Gasteiger charge is 2.20. The Morgan fingerprint density at radius 3 is 2.92 bits per heavy atom. The lowest BCUT2D eigenvalue weighted by Gasteiger charge is -2.15. The number of carbonyl (C=O) groups is 1. The molecule has 0 fully saturated rings. The minimum atomic E-state index is -0.402. The third kappa shape index (κ3) is 3.02. The molecule has 1 amide bonds. The van der Waals surface area contributed by atoms with Gasteiger partial charge >= 0.3 is 0 Å². The van der Waals surface area contributed by atoms with Gasteiger partial charge in [0.2, 0.25) is 10.9 Å². The van der Waals surface area contributed by atoms with Gasteiger partial charge in [0.1, 0.15) is 25.3 Å². The smallest absolute Gasteiger partial charge is 0.295 e. The lowest BCUT2D eigenvalue weighted by atomic mass is 10.2. The van der Waals surface area contributed by atoms with Crippen molar-refractivity contribution in [2.24, 2.45) is 0 Å². The number of hydrogen-bond acceptors (Lipinski definition) is 6. The summed E-state index contributed by atoms with van der Waals surface area (Å²) in [6.07, 6.45) is 1.31. The fraction of sp³-hybridized carbons (Fsp3) is 0.235. The second-order valence-electron chi connectivity index (χ2n) is 5.78. The van der Waals surface area contributed by atoms with Crippen molar-refractivity contribution in [3.63, 3.8) is 0 Å². The molecular weight excluding hydrogens is 376 g/mol. The highest BCUT2D eigenvalue weighted by Crippen LogP contribution is 2.34. The molecule has 4 rings (SSSR count). The van der Waals surface area contributed by atoms with Gasteiger partial charge in [0.25, 0.3) is 5.91 Å². The summed E-state index contributed by atoms with van der Waals surface area (Å²) in [5, 5.41) is 8.50. The van der Waals surface area contributed by atoms with Gasteiger partial charge in [-0.3, -0.25) is 4.79 Å². The van der Waals surface area contributed by atoms with Crippen molar-refractivity contribution in [1.82, 2.24) is 14.8 Å². The van der Waals surface area contributed by atoms with Crippen LogP contribution in [0.3, 0.4) is 0 Å². The zero-order valence-electron chi connectivity index (χ0n) is 14.1. The number of ether oxygens (including phenoxy) is 2. The highest BCUT2D eigenvalue weighted by atomic mass is 35.5. The SMILES string of the molecule is Cc1cc(NC(=O)C2=COCCO2)n(-c2nc3c(C)ccc(Cl)c3s2)n1. The van der Waals surface area contributed by atoms with Gasteiger partial charge in [-0.1, -0.05) is 29.0 Å². The molecule has 9 heteroatoms. The zero-order valence-corrected chi connectivity index (χ0v) is 15.6. The number of aryl methyl sites for hydroxylation is 2. The van der Waals surface area contributed by atoms with Crippen LogP contribution < -0.4 is 5.32 Å². The zero-order chi connectivity index (χ0) is 18.3. The van der Waals surface area contributed by atoms with Crippen LogP contribution >= 0.6 is 22.9 Å². The molecule has 1 aliphatic rings. The van der Waals surface area contributed by atoms with Crippen LogP contribution in [0.2, 0.25) is 5.02 Å². The van der Waals surface area contributed by atoms with Crippen molar-refractivity contribution in [3.8, 4) is 5.13 Å². The predicted molar refractivity (Wildman–Crippen MR) is 99.8 cm³/mol. The number of fused-ring (bicyclic) bond motifs is 1. The van der Waals surface area contributed by atoms with E-state index in [4.69, 9.17) is 21.1 Å². The summed E-state index contributed by atoms with van der Waals surface area (Å²) in [5.41, 5.74) is 2.60. The van der Waals surface area contributed by atoms with Crippen molar-refractivity contribution in [3.05, 3.63) is 46.5 Å². The van der Waals surface area contributed by atoms with Crippen LogP contribution in [0.4, 0.5) is 5.82 Å². The van der Waals surface area contributed by atoms with E-state index in [0.717, 1.165) is 21.5 Å². The number of rotatable bonds is 3. The molecule has 0 atom stereocenters. The average molecular weight is 391 g/mol. The van der Waals surface area contributed by atoms with E-state index in [-0.39, 0.29) is 5.76 Å². The molecule has 0 radical (unpaired) electrons. The van der Waals surface area contributed by atoms with Crippen LogP contribution in [0.15, 0.2) is 30.2 Å². The minimum absolute atomic E-state index is 0.129. The number of halogens is 1. The lowest BCUT2D eigenvalue weighted by Crippen LogP contribution is -2.22. The molecule has 0 saturated heterocycles. The second-order valence-corrected chi connectivity index (χ2v) is 7.16. The van der Waals surface area contributed by atoms with E-state index in [0.29, 0.717) is 29.2 Å². The molecule has 134 valence electrons. The minimum Gasteiger partial charge on any atom is -0.494 e. The first-order valence-electron chi connectivity index (χ1n) is 7.91. The van der Waals surface area contributed by atoms with Crippen molar-refractivity contribution in [2.75, 3.05) is 18.5 Å². The quantitative estimate of drug-likeness (QED) is 0.739. The first-order chi connectivity index (χ1) is 12.5. The van der Waals surface area contributed by atoms with Gasteiger partial charge in [0, 0.05) is 6.07 Å². The van der Waals surface area contributed by atoms with Gasteiger partial charge in [-0.2, -0.15) is 9.78 Å². The summed E-state index contributed by atoms with van der Waals surface area (Å²) in [6.45, 7) is 4.59. The van der Waals surface area contributed by atoms with Crippen molar-refractivity contribution in [1.29, 1.82) is 0 Å². The fourth-order valence-electron chi connectivity index (χ4n) is 2.58. The Balaban J connectivity index is 1.72. The summed E-state index contributed by atoms with van der Waals surface area (Å²) in [5.74, 6) is 0.224. The van der Waals surface area contributed by atoms with Gasteiger partial charge in [0.05, 0.1) is 20.9 Å². The number of carbonyl (C=O) groups excluding carboxylic acids is 1. The molecule has 0 spiro atoms. The normalized spacial score (nSPS) is 13.9. The number of aromatic nitrogens is 3. The Bertz CT molecular complexity index is 1000. The van der Waals surface area contributed by atoms with Crippen molar-refractivity contribution < 1.29 is 14.3 Å². The molecule has 2 aromatic heterocycles. The Morgan fingerprint density at radius 2 is 2.19 bits per heavy atom. The summed E-state index contributed by atoms with van der Waals surface area (Å²) < 4.78 is 12.9. The first-order valence-corrected chi connectivity index (χ1v) is 9.11. The number of amides is 1. The van der Waals surface area contributed by atoms with Crippen LogP contribution in [0.1, 0.15) is 11.3 Å². The first kappa shape index (κ1) is 16.9. The fourth-order valence-corrected chi connectivity index (χ4v) is 3.86. The highest BCUT2D eigenvalue weighted by molar-refractivity contribution is 7.21. The number of nitrogens with one attached hydrogen (secondary N) is 1. The van der Waals surface area contributed by atoms with Crippen LogP contribution in [0.25, 0.3) is 15.3 Å². The number of benzene rings is 1. The molecule has 26 heavy (non-hydrogen) atoms. The van der Waals surface area contributed by atoms with Crippen LogP contribution in [-0.2, 0) is 14.3 Å². The summed E-state index contributed by atoms with van der Waals surface area (Å²) in [7, 11) is 0.